The van der Waals surface area contributed by atoms with Crippen molar-refractivity contribution in [3.8, 4) is 0 Å². The first kappa shape index (κ1) is 15.5. The first-order chi connectivity index (χ1) is 12.2. The van der Waals surface area contributed by atoms with Crippen LogP contribution in [0.5, 0.6) is 0 Å². The van der Waals surface area contributed by atoms with Gasteiger partial charge in [-0.3, -0.25) is 19.1 Å². The van der Waals surface area contributed by atoms with Gasteiger partial charge >= 0.3 is 11.1 Å². The van der Waals surface area contributed by atoms with Crippen molar-refractivity contribution < 1.29 is 0 Å². The molecule has 0 bridgehead atoms. The minimum absolute atomic E-state index is 0.277. The Balaban J connectivity index is 1.41. The van der Waals surface area contributed by atoms with Gasteiger partial charge < -0.3 is 0 Å². The highest BCUT2D eigenvalue weighted by atomic mass is 32.1. The molecular weight excluding hydrogens is 336 g/mol. The summed E-state index contributed by atoms with van der Waals surface area (Å²) in [4.78, 5) is 27.3. The first-order valence-corrected chi connectivity index (χ1v) is 10.1. The Morgan fingerprint density at radius 3 is 2.76 bits per heavy atom. The van der Waals surface area contributed by atoms with Crippen LogP contribution in [0.2, 0.25) is 0 Å². The van der Waals surface area contributed by atoms with Gasteiger partial charge in [-0.25, -0.2) is 4.68 Å². The molecule has 1 saturated heterocycles. The molecule has 4 heterocycles. The Morgan fingerprint density at radius 2 is 2.04 bits per heavy atom. The van der Waals surface area contributed by atoms with Crippen LogP contribution in [-0.4, -0.2) is 32.3 Å². The van der Waals surface area contributed by atoms with E-state index in [4.69, 9.17) is 0 Å². The normalized spacial score (nSPS) is 25.8. The Hall–Kier alpha value is -1.73. The summed E-state index contributed by atoms with van der Waals surface area (Å²) in [6.45, 7) is 4.11. The first-order valence-electron chi connectivity index (χ1n) is 9.14. The Morgan fingerprint density at radius 1 is 1.16 bits per heavy atom. The highest BCUT2D eigenvalue weighted by molar-refractivity contribution is 7.07. The van der Waals surface area contributed by atoms with Crippen LogP contribution in [0.25, 0.3) is 0 Å². The summed E-state index contributed by atoms with van der Waals surface area (Å²) in [7, 11) is 0. The van der Waals surface area contributed by atoms with Crippen molar-refractivity contribution in [1.82, 2.24) is 19.2 Å². The molecule has 7 heteroatoms. The number of hydrogen-bond donors (Lipinski definition) is 0. The third-order valence-electron chi connectivity index (χ3n) is 6.07. The minimum Gasteiger partial charge on any atom is -0.298 e. The molecule has 0 amide bonds. The van der Waals surface area contributed by atoms with E-state index in [2.05, 4.69) is 26.8 Å². The molecule has 2 aromatic rings. The van der Waals surface area contributed by atoms with Crippen LogP contribution in [-0.2, 0) is 19.6 Å². The Labute approximate surface area is 149 Å². The second-order valence-corrected chi connectivity index (χ2v) is 8.53. The molecule has 0 radical (unpaired) electrons. The summed E-state index contributed by atoms with van der Waals surface area (Å²) in [6.07, 6.45) is 3.52. The fourth-order valence-corrected chi connectivity index (χ4v) is 5.15. The zero-order chi connectivity index (χ0) is 17.0. The third-order valence-corrected chi connectivity index (χ3v) is 6.80. The third kappa shape index (κ3) is 2.60. The maximum atomic E-state index is 12.5. The van der Waals surface area contributed by atoms with Crippen LogP contribution >= 0.6 is 11.3 Å². The molecule has 132 valence electrons. The number of likely N-dealkylation sites (tertiary alicyclic amines) is 1. The summed E-state index contributed by atoms with van der Waals surface area (Å²) in [5.41, 5.74) is 0.541. The van der Waals surface area contributed by atoms with Crippen LogP contribution in [0, 0.1) is 11.8 Å². The summed E-state index contributed by atoms with van der Waals surface area (Å²) in [5, 5.41) is 8.96. The monoisotopic (exact) mass is 358 g/mol. The zero-order valence-corrected chi connectivity index (χ0v) is 15.0. The molecule has 1 aliphatic carbocycles. The standard InChI is InChI=1S/C18H22N4O2S/c23-17-18(24)22(7-12-2-1-3-12)19-16-15-10-20(6-13-4-5-25-11-13)8-14(15)9-21(16)17/h4-5,11-12,14-15H,1-3,6-10H2. The van der Waals surface area contributed by atoms with Crippen molar-refractivity contribution in [3.63, 3.8) is 0 Å². The lowest BCUT2D eigenvalue weighted by atomic mass is 9.85. The molecule has 1 saturated carbocycles. The average molecular weight is 358 g/mol. The lowest BCUT2D eigenvalue weighted by molar-refractivity contribution is 0.256. The van der Waals surface area contributed by atoms with E-state index >= 15 is 0 Å². The van der Waals surface area contributed by atoms with Gasteiger partial charge in [0.1, 0.15) is 5.82 Å². The fraction of sp³-hybridized carbons (Fsp3) is 0.611. The van der Waals surface area contributed by atoms with Crippen molar-refractivity contribution in [3.05, 3.63) is 48.9 Å². The molecule has 0 aromatic carbocycles. The molecule has 3 aliphatic rings. The largest absolute Gasteiger partial charge is 0.332 e. The van der Waals surface area contributed by atoms with Gasteiger partial charge in [0.2, 0.25) is 0 Å². The van der Waals surface area contributed by atoms with Gasteiger partial charge in [-0.05, 0) is 41.1 Å². The molecule has 2 atom stereocenters. The van der Waals surface area contributed by atoms with Gasteiger partial charge in [-0.1, -0.05) is 6.42 Å². The van der Waals surface area contributed by atoms with E-state index in [1.54, 1.807) is 15.9 Å². The Kier molecular flexibility index (Phi) is 3.67. The lowest BCUT2D eigenvalue weighted by Crippen LogP contribution is -2.45. The smallest absolute Gasteiger partial charge is 0.298 e. The molecule has 0 spiro atoms. The van der Waals surface area contributed by atoms with Crippen LogP contribution in [0.1, 0.15) is 36.6 Å². The van der Waals surface area contributed by atoms with Crippen LogP contribution in [0.4, 0.5) is 0 Å². The van der Waals surface area contributed by atoms with Gasteiger partial charge in [-0.2, -0.15) is 16.4 Å². The van der Waals surface area contributed by atoms with Crippen molar-refractivity contribution in [1.29, 1.82) is 0 Å². The van der Waals surface area contributed by atoms with Gasteiger partial charge in [0.15, 0.2) is 0 Å². The summed E-state index contributed by atoms with van der Waals surface area (Å²) < 4.78 is 3.11. The Bertz CT molecular complexity index is 897. The minimum atomic E-state index is -0.439. The predicted molar refractivity (Wildman–Crippen MR) is 95.9 cm³/mol. The van der Waals surface area contributed by atoms with Crippen molar-refractivity contribution >= 4 is 11.3 Å². The molecule has 2 unspecified atom stereocenters. The number of nitrogens with zero attached hydrogens (tertiary/aromatic N) is 4. The van der Waals surface area contributed by atoms with Crippen LogP contribution in [0.15, 0.2) is 26.4 Å². The molecule has 2 aromatic heterocycles. The van der Waals surface area contributed by atoms with Crippen LogP contribution in [0.3, 0.4) is 0 Å². The van der Waals surface area contributed by atoms with Gasteiger partial charge in [0, 0.05) is 44.6 Å². The summed E-state index contributed by atoms with van der Waals surface area (Å²) in [6, 6.07) is 2.17. The quantitative estimate of drug-likeness (QED) is 0.777. The van der Waals surface area contributed by atoms with E-state index in [1.807, 2.05) is 0 Å². The van der Waals surface area contributed by atoms with Crippen molar-refractivity contribution in [2.24, 2.45) is 11.8 Å². The SMILES string of the molecule is O=c1c(=O)n2c(nn1CC1CCC1)C1CN(Cc3ccsc3)CC1C2. The fourth-order valence-electron chi connectivity index (χ4n) is 4.49. The number of aromatic nitrogens is 3. The lowest BCUT2D eigenvalue weighted by Gasteiger charge is -2.25. The molecular formula is C18H22N4O2S. The topological polar surface area (TPSA) is 60.1 Å². The number of rotatable bonds is 4. The van der Waals surface area contributed by atoms with E-state index in [-0.39, 0.29) is 11.5 Å². The van der Waals surface area contributed by atoms with Gasteiger partial charge in [0.05, 0.1) is 0 Å². The number of thiophene rings is 1. The van der Waals surface area contributed by atoms with Gasteiger partial charge in [-0.15, -0.1) is 0 Å². The van der Waals surface area contributed by atoms with Crippen molar-refractivity contribution in [2.75, 3.05) is 13.1 Å². The van der Waals surface area contributed by atoms with Gasteiger partial charge in [0.25, 0.3) is 0 Å². The molecule has 2 aliphatic heterocycles. The second kappa shape index (κ2) is 5.92. The number of fused-ring (bicyclic) bond motifs is 3. The summed E-state index contributed by atoms with van der Waals surface area (Å²) in [5.74, 6) is 2.03. The molecule has 25 heavy (non-hydrogen) atoms. The second-order valence-electron chi connectivity index (χ2n) is 7.75. The van der Waals surface area contributed by atoms with E-state index < -0.39 is 5.56 Å². The molecule has 0 N–H and O–H groups in total. The highest BCUT2D eigenvalue weighted by Gasteiger charge is 2.42. The highest BCUT2D eigenvalue weighted by Crippen LogP contribution is 2.37. The van der Waals surface area contributed by atoms with Crippen molar-refractivity contribution in [2.45, 2.75) is 44.8 Å². The molecule has 5 rings (SSSR count). The van der Waals surface area contributed by atoms with Crippen LogP contribution < -0.4 is 11.1 Å². The zero-order valence-electron chi connectivity index (χ0n) is 14.1. The maximum absolute atomic E-state index is 12.5. The molecule has 6 nitrogen and oxygen atoms in total. The summed E-state index contributed by atoms with van der Waals surface area (Å²) >= 11 is 1.73. The van der Waals surface area contributed by atoms with E-state index in [0.29, 0.717) is 24.9 Å². The maximum Gasteiger partial charge on any atom is 0.332 e. The predicted octanol–water partition coefficient (Wildman–Crippen LogP) is 1.50. The number of hydrogen-bond acceptors (Lipinski definition) is 5. The average Bonchev–Trinajstić information content (AvgIpc) is 3.25. The van der Waals surface area contributed by atoms with E-state index in [0.717, 1.165) is 38.3 Å². The molecule has 2 fully saturated rings. The van der Waals surface area contributed by atoms with E-state index in [1.165, 1.54) is 16.7 Å². The van der Waals surface area contributed by atoms with E-state index in [9.17, 15) is 9.59 Å².